The Hall–Kier alpha value is -2.59. The molecule has 1 heterocycles. The van der Waals surface area contributed by atoms with Gasteiger partial charge in [0, 0.05) is 10.9 Å². The second-order valence-electron chi connectivity index (χ2n) is 5.46. The van der Waals surface area contributed by atoms with E-state index in [-0.39, 0.29) is 17.2 Å². The summed E-state index contributed by atoms with van der Waals surface area (Å²) in [7, 11) is 0. The van der Waals surface area contributed by atoms with E-state index in [0.717, 1.165) is 16.7 Å². The first kappa shape index (κ1) is 16.3. The van der Waals surface area contributed by atoms with Crippen molar-refractivity contribution in [3.8, 4) is 11.1 Å². The van der Waals surface area contributed by atoms with Crippen LogP contribution in [0.15, 0.2) is 47.3 Å². The summed E-state index contributed by atoms with van der Waals surface area (Å²) >= 11 is 6.39. The van der Waals surface area contributed by atoms with Crippen LogP contribution >= 0.6 is 11.6 Å². The standard InChI is InChI=1S/C19H16ClNO3/c1-3-24-19(23)15-16(20)14-10-11(2)9-13(17(14)21-18(15)22)12-7-5-4-6-8-12/h4-10H,3H2,1-2H3,(H,21,22). The number of aryl methyl sites for hydroxylation is 1. The Morgan fingerprint density at radius 1 is 1.21 bits per heavy atom. The average molecular weight is 342 g/mol. The minimum atomic E-state index is -0.714. The van der Waals surface area contributed by atoms with Gasteiger partial charge in [0.1, 0.15) is 5.56 Å². The van der Waals surface area contributed by atoms with Crippen molar-refractivity contribution in [3.63, 3.8) is 0 Å². The van der Waals surface area contributed by atoms with E-state index >= 15 is 0 Å². The molecular weight excluding hydrogens is 326 g/mol. The number of ether oxygens (including phenoxy) is 1. The second kappa shape index (κ2) is 6.49. The van der Waals surface area contributed by atoms with E-state index in [0.29, 0.717) is 10.9 Å². The number of nitrogens with one attached hydrogen (secondary N) is 1. The van der Waals surface area contributed by atoms with Gasteiger partial charge in [0.25, 0.3) is 5.56 Å². The van der Waals surface area contributed by atoms with Gasteiger partial charge in [-0.2, -0.15) is 0 Å². The van der Waals surface area contributed by atoms with Crippen LogP contribution in [0.25, 0.3) is 22.0 Å². The number of H-pyrrole nitrogens is 1. The molecule has 3 aromatic rings. The molecule has 5 heteroatoms. The summed E-state index contributed by atoms with van der Waals surface area (Å²) in [6.45, 7) is 3.80. The summed E-state index contributed by atoms with van der Waals surface area (Å²) in [5, 5.41) is 0.742. The highest BCUT2D eigenvalue weighted by molar-refractivity contribution is 6.38. The molecule has 1 aromatic heterocycles. The molecule has 0 fully saturated rings. The van der Waals surface area contributed by atoms with Crippen LogP contribution in [0, 0.1) is 6.92 Å². The van der Waals surface area contributed by atoms with E-state index in [1.54, 1.807) is 6.92 Å². The largest absolute Gasteiger partial charge is 0.462 e. The van der Waals surface area contributed by atoms with Crippen LogP contribution in [0.4, 0.5) is 0 Å². The smallest absolute Gasteiger partial charge is 0.345 e. The Balaban J connectivity index is 2.35. The lowest BCUT2D eigenvalue weighted by molar-refractivity contribution is 0.0524. The minimum Gasteiger partial charge on any atom is -0.462 e. The quantitative estimate of drug-likeness (QED) is 0.721. The van der Waals surface area contributed by atoms with Crippen molar-refractivity contribution >= 4 is 28.5 Å². The van der Waals surface area contributed by atoms with Crippen LogP contribution in [0.5, 0.6) is 0 Å². The van der Waals surface area contributed by atoms with E-state index in [1.807, 2.05) is 49.4 Å². The molecule has 3 rings (SSSR count). The van der Waals surface area contributed by atoms with Crippen molar-refractivity contribution in [2.75, 3.05) is 6.61 Å². The number of esters is 1. The molecule has 4 nitrogen and oxygen atoms in total. The fraction of sp³-hybridized carbons (Fsp3) is 0.158. The number of hydrogen-bond acceptors (Lipinski definition) is 3. The molecule has 0 saturated carbocycles. The first-order valence-electron chi connectivity index (χ1n) is 7.61. The summed E-state index contributed by atoms with van der Waals surface area (Å²) in [5.41, 5.74) is 2.70. The molecule has 24 heavy (non-hydrogen) atoms. The highest BCUT2D eigenvalue weighted by Crippen LogP contribution is 2.33. The van der Waals surface area contributed by atoms with E-state index in [9.17, 15) is 9.59 Å². The maximum absolute atomic E-state index is 12.4. The Labute approximate surface area is 144 Å². The Bertz CT molecular complexity index is 977. The molecule has 0 aliphatic rings. The van der Waals surface area contributed by atoms with Gasteiger partial charge >= 0.3 is 5.97 Å². The third kappa shape index (κ3) is 2.81. The third-order valence-electron chi connectivity index (χ3n) is 3.77. The van der Waals surface area contributed by atoms with Gasteiger partial charge in [-0.05, 0) is 37.1 Å². The summed E-state index contributed by atoms with van der Waals surface area (Å²) < 4.78 is 4.94. The molecule has 122 valence electrons. The molecule has 0 radical (unpaired) electrons. The molecule has 0 bridgehead atoms. The molecule has 0 saturated heterocycles. The number of pyridine rings is 1. The highest BCUT2D eigenvalue weighted by atomic mass is 35.5. The van der Waals surface area contributed by atoms with Gasteiger partial charge in [-0.15, -0.1) is 0 Å². The molecule has 0 aliphatic carbocycles. The predicted molar refractivity (Wildman–Crippen MR) is 95.7 cm³/mol. The number of halogens is 1. The first-order valence-corrected chi connectivity index (χ1v) is 7.99. The third-order valence-corrected chi connectivity index (χ3v) is 4.16. The van der Waals surface area contributed by atoms with Gasteiger partial charge in [-0.25, -0.2) is 4.79 Å². The van der Waals surface area contributed by atoms with Crippen LogP contribution in [0.2, 0.25) is 5.02 Å². The van der Waals surface area contributed by atoms with Crippen molar-refractivity contribution in [1.82, 2.24) is 4.98 Å². The number of hydrogen-bond donors (Lipinski definition) is 1. The highest BCUT2D eigenvalue weighted by Gasteiger charge is 2.21. The van der Waals surface area contributed by atoms with Crippen LogP contribution in [-0.2, 0) is 4.74 Å². The zero-order valence-electron chi connectivity index (χ0n) is 13.4. The van der Waals surface area contributed by atoms with Gasteiger partial charge in [0.05, 0.1) is 17.1 Å². The van der Waals surface area contributed by atoms with E-state index in [1.165, 1.54) is 0 Å². The first-order chi connectivity index (χ1) is 11.5. The number of aromatic nitrogens is 1. The molecule has 1 N–H and O–H groups in total. The van der Waals surface area contributed by atoms with Gasteiger partial charge < -0.3 is 9.72 Å². The lowest BCUT2D eigenvalue weighted by atomic mass is 9.98. The summed E-state index contributed by atoms with van der Waals surface area (Å²) in [6.07, 6.45) is 0. The van der Waals surface area contributed by atoms with Crippen LogP contribution in [0.3, 0.4) is 0 Å². The van der Waals surface area contributed by atoms with E-state index in [4.69, 9.17) is 16.3 Å². The van der Waals surface area contributed by atoms with Crippen LogP contribution in [0.1, 0.15) is 22.8 Å². The van der Waals surface area contributed by atoms with E-state index in [2.05, 4.69) is 4.98 Å². The zero-order chi connectivity index (χ0) is 17.3. The summed E-state index contributed by atoms with van der Waals surface area (Å²) in [5.74, 6) is -0.714. The number of carbonyl (C=O) groups is 1. The maximum Gasteiger partial charge on any atom is 0.345 e. The van der Waals surface area contributed by atoms with Crippen molar-refractivity contribution in [3.05, 3.63) is 69.0 Å². The monoisotopic (exact) mass is 341 g/mol. The van der Waals surface area contributed by atoms with E-state index < -0.39 is 11.5 Å². The summed E-state index contributed by atoms with van der Waals surface area (Å²) in [4.78, 5) is 27.2. The second-order valence-corrected chi connectivity index (χ2v) is 5.84. The van der Waals surface area contributed by atoms with Crippen molar-refractivity contribution in [2.45, 2.75) is 13.8 Å². The van der Waals surface area contributed by atoms with Gasteiger partial charge in [-0.1, -0.05) is 41.9 Å². The zero-order valence-corrected chi connectivity index (χ0v) is 14.1. The predicted octanol–water partition coefficient (Wildman–Crippen LogP) is 4.33. The topological polar surface area (TPSA) is 59.2 Å². The minimum absolute atomic E-state index is 0.119. The van der Waals surface area contributed by atoms with Gasteiger partial charge in [0.15, 0.2) is 0 Å². The Morgan fingerprint density at radius 3 is 2.58 bits per heavy atom. The molecule has 2 aromatic carbocycles. The summed E-state index contributed by atoms with van der Waals surface area (Å²) in [6, 6.07) is 13.5. The molecule has 0 atom stereocenters. The lowest BCUT2D eigenvalue weighted by Gasteiger charge is -2.12. The Kier molecular flexibility index (Phi) is 4.40. The maximum atomic E-state index is 12.4. The SMILES string of the molecule is CCOC(=O)c1c(Cl)c2cc(C)cc(-c3ccccc3)c2[nH]c1=O. The Morgan fingerprint density at radius 2 is 1.92 bits per heavy atom. The van der Waals surface area contributed by atoms with Gasteiger partial charge in [-0.3, -0.25) is 4.79 Å². The molecule has 0 spiro atoms. The fourth-order valence-electron chi connectivity index (χ4n) is 2.74. The average Bonchev–Trinajstić information content (AvgIpc) is 2.56. The number of carbonyl (C=O) groups excluding carboxylic acids is 1. The normalized spacial score (nSPS) is 10.8. The number of benzene rings is 2. The van der Waals surface area contributed by atoms with Crippen molar-refractivity contribution in [2.24, 2.45) is 0 Å². The van der Waals surface area contributed by atoms with Gasteiger partial charge in [0.2, 0.25) is 0 Å². The lowest BCUT2D eigenvalue weighted by Crippen LogP contribution is -2.21. The van der Waals surface area contributed by atoms with Crippen molar-refractivity contribution in [1.29, 1.82) is 0 Å². The fourth-order valence-corrected chi connectivity index (χ4v) is 3.05. The molecule has 0 amide bonds. The van der Waals surface area contributed by atoms with Crippen LogP contribution in [-0.4, -0.2) is 17.6 Å². The molecule has 0 aliphatic heterocycles. The number of rotatable bonds is 3. The number of fused-ring (bicyclic) bond motifs is 1. The van der Waals surface area contributed by atoms with Crippen molar-refractivity contribution < 1.29 is 9.53 Å². The van der Waals surface area contributed by atoms with Crippen LogP contribution < -0.4 is 5.56 Å². The number of aromatic amines is 1. The molecule has 0 unspecified atom stereocenters. The molecular formula is C19H16ClNO3.